The average molecular weight is 563 g/mol. The summed E-state index contributed by atoms with van der Waals surface area (Å²) >= 11 is 3.52. The summed E-state index contributed by atoms with van der Waals surface area (Å²) in [6.45, 7) is 1.72. The van der Waals surface area contributed by atoms with Gasteiger partial charge in [-0.2, -0.15) is 0 Å². The van der Waals surface area contributed by atoms with E-state index in [9.17, 15) is 14.7 Å². The number of fused-ring (bicyclic) bond motifs is 2. The lowest BCUT2D eigenvalue weighted by Gasteiger charge is -2.28. The molecule has 0 radical (unpaired) electrons. The predicted octanol–water partition coefficient (Wildman–Crippen LogP) is 3.71. The minimum atomic E-state index is -1.11. The molecule has 0 spiro atoms. The topological polar surface area (TPSA) is 105 Å². The fourth-order valence-corrected chi connectivity index (χ4v) is 4.74. The van der Waals surface area contributed by atoms with Crippen molar-refractivity contribution in [3.8, 4) is 5.75 Å². The van der Waals surface area contributed by atoms with E-state index in [0.717, 1.165) is 32.1 Å². The highest BCUT2D eigenvalue weighted by molar-refractivity contribution is 9.10. The maximum Gasteiger partial charge on any atom is 0.249 e. The fourth-order valence-electron chi connectivity index (χ4n) is 4.36. The summed E-state index contributed by atoms with van der Waals surface area (Å²) in [4.78, 5) is 28.1. The van der Waals surface area contributed by atoms with Gasteiger partial charge in [0.15, 0.2) is 0 Å². The molecule has 7 nitrogen and oxygen atoms in total. The molecule has 0 bridgehead atoms. The Balaban J connectivity index is 0.00000342. The lowest BCUT2D eigenvalue weighted by Crippen LogP contribution is -2.54. The predicted molar refractivity (Wildman–Crippen MR) is 143 cm³/mol. The van der Waals surface area contributed by atoms with Crippen molar-refractivity contribution in [3.05, 3.63) is 70.2 Å². The lowest BCUT2D eigenvalue weighted by atomic mass is 10.0. The van der Waals surface area contributed by atoms with Crippen molar-refractivity contribution in [2.45, 2.75) is 44.5 Å². The third kappa shape index (κ3) is 5.62. The summed E-state index contributed by atoms with van der Waals surface area (Å²) in [5.41, 5.74) is 8.52. The van der Waals surface area contributed by atoms with Crippen LogP contribution < -0.4 is 20.7 Å². The first kappa shape index (κ1) is 26.9. The fraction of sp³-hybridized carbons (Fsp3) is 0.308. The van der Waals surface area contributed by atoms with Gasteiger partial charge >= 0.3 is 0 Å². The molecule has 9 heteroatoms. The van der Waals surface area contributed by atoms with Crippen LogP contribution >= 0.6 is 28.3 Å². The number of benzene rings is 3. The average Bonchev–Trinajstić information content (AvgIpc) is 2.95. The molecule has 35 heavy (non-hydrogen) atoms. The molecule has 3 aromatic rings. The molecule has 0 aliphatic carbocycles. The lowest BCUT2D eigenvalue weighted by molar-refractivity contribution is -0.129. The Kier molecular flexibility index (Phi) is 8.77. The molecule has 3 atom stereocenters. The summed E-state index contributed by atoms with van der Waals surface area (Å²) in [5.74, 6) is -0.0971. The molecule has 0 unspecified atom stereocenters. The molecular formula is C26H29BrClN3O4. The largest absolute Gasteiger partial charge is 0.496 e. The maximum absolute atomic E-state index is 13.8. The summed E-state index contributed by atoms with van der Waals surface area (Å²) in [6.07, 6.45) is 0.0328. The molecule has 1 heterocycles. The van der Waals surface area contributed by atoms with Crippen LogP contribution in [0.1, 0.15) is 24.5 Å². The Hall–Kier alpha value is -2.65. The van der Waals surface area contributed by atoms with E-state index in [-0.39, 0.29) is 24.9 Å². The number of nitrogens with one attached hydrogen (secondary N) is 1. The number of hydrogen-bond donors (Lipinski definition) is 3. The Morgan fingerprint density at radius 2 is 2.00 bits per heavy atom. The molecule has 1 aliphatic heterocycles. The van der Waals surface area contributed by atoms with Crippen molar-refractivity contribution < 1.29 is 19.4 Å². The zero-order valence-corrected chi connectivity index (χ0v) is 21.9. The van der Waals surface area contributed by atoms with Gasteiger partial charge in [-0.1, -0.05) is 46.3 Å². The third-order valence-electron chi connectivity index (χ3n) is 6.27. The zero-order valence-electron chi connectivity index (χ0n) is 19.5. The Morgan fingerprint density at radius 3 is 2.71 bits per heavy atom. The molecular weight excluding hydrogens is 534 g/mol. The quantitative estimate of drug-likeness (QED) is 0.425. The molecule has 0 fully saturated rings. The van der Waals surface area contributed by atoms with Gasteiger partial charge in [-0.3, -0.25) is 9.59 Å². The molecule has 3 aromatic carbocycles. The Labute approximate surface area is 219 Å². The molecule has 1 aliphatic rings. The van der Waals surface area contributed by atoms with Crippen molar-refractivity contribution in [1.82, 2.24) is 5.32 Å². The molecule has 0 saturated heterocycles. The number of para-hydroxylation sites is 1. The van der Waals surface area contributed by atoms with Crippen LogP contribution in [-0.4, -0.2) is 42.2 Å². The van der Waals surface area contributed by atoms with Gasteiger partial charge in [0, 0.05) is 15.7 Å². The number of hydrogen-bond acceptors (Lipinski definition) is 5. The Morgan fingerprint density at radius 1 is 1.26 bits per heavy atom. The Bertz CT molecular complexity index is 1240. The number of nitrogens with two attached hydrogens (primary N) is 1. The number of aliphatic hydroxyl groups excluding tert-OH is 1. The second-order valence-corrected chi connectivity index (χ2v) is 9.45. The number of methoxy groups -OCH3 is 1. The monoisotopic (exact) mass is 561 g/mol. The number of aliphatic hydroxyl groups is 1. The van der Waals surface area contributed by atoms with E-state index in [1.54, 1.807) is 12.0 Å². The van der Waals surface area contributed by atoms with Crippen molar-refractivity contribution in [2.24, 2.45) is 5.73 Å². The van der Waals surface area contributed by atoms with Crippen LogP contribution in [-0.2, 0) is 22.6 Å². The van der Waals surface area contributed by atoms with E-state index in [2.05, 4.69) is 21.2 Å². The normalized spacial score (nSPS) is 17.1. The SMILES string of the molecule is COc1ccc2cc(Br)ccc2c1CN1C(=O)[C@@H](NC(=O)[C@@H](N)[C@@H](C)O)CCc2ccccc21.Cl. The first-order valence-electron chi connectivity index (χ1n) is 11.2. The molecule has 186 valence electrons. The number of ether oxygens (including phenoxy) is 1. The van der Waals surface area contributed by atoms with Crippen LogP contribution in [0.15, 0.2) is 59.1 Å². The van der Waals surface area contributed by atoms with Crippen molar-refractivity contribution in [3.63, 3.8) is 0 Å². The van der Waals surface area contributed by atoms with E-state index in [1.165, 1.54) is 6.92 Å². The van der Waals surface area contributed by atoms with Gasteiger partial charge in [-0.15, -0.1) is 12.4 Å². The van der Waals surface area contributed by atoms with Gasteiger partial charge in [-0.05, 0) is 60.4 Å². The number of aryl methyl sites for hydroxylation is 1. The summed E-state index contributed by atoms with van der Waals surface area (Å²) in [7, 11) is 1.61. The molecule has 0 aromatic heterocycles. The van der Waals surface area contributed by atoms with Crippen LogP contribution in [0.5, 0.6) is 5.75 Å². The molecule has 2 amide bonds. The maximum atomic E-state index is 13.8. The standard InChI is InChI=1S/C26H28BrN3O4.ClH/c1-15(31)24(28)25(32)29-21-11-7-16-5-3-4-6-22(16)30(26(21)33)14-20-19-10-9-18(27)13-17(19)8-12-23(20)34-2;/h3-6,8-10,12-13,15,21,24,31H,7,11,14,28H2,1-2H3,(H,29,32);1H/t15-,21+,24+;/m1./s1. The highest BCUT2D eigenvalue weighted by Gasteiger charge is 2.33. The smallest absolute Gasteiger partial charge is 0.249 e. The molecule has 0 saturated carbocycles. The highest BCUT2D eigenvalue weighted by Crippen LogP contribution is 2.35. The minimum Gasteiger partial charge on any atom is -0.496 e. The minimum absolute atomic E-state index is 0. The first-order chi connectivity index (χ1) is 16.3. The summed E-state index contributed by atoms with van der Waals surface area (Å²) < 4.78 is 6.63. The van der Waals surface area contributed by atoms with Crippen molar-refractivity contribution >= 4 is 56.6 Å². The second kappa shape index (κ2) is 11.4. The van der Waals surface area contributed by atoms with E-state index in [0.29, 0.717) is 18.6 Å². The molecule has 4 rings (SSSR count). The number of amides is 2. The van der Waals surface area contributed by atoms with E-state index in [1.807, 2.05) is 54.6 Å². The van der Waals surface area contributed by atoms with Crippen LogP contribution in [0.3, 0.4) is 0 Å². The zero-order chi connectivity index (χ0) is 24.4. The number of rotatable bonds is 6. The van der Waals surface area contributed by atoms with Crippen molar-refractivity contribution in [2.75, 3.05) is 12.0 Å². The van der Waals surface area contributed by atoms with Crippen LogP contribution in [0, 0.1) is 0 Å². The first-order valence-corrected chi connectivity index (χ1v) is 12.0. The van der Waals surface area contributed by atoms with Gasteiger partial charge in [0.2, 0.25) is 11.8 Å². The van der Waals surface area contributed by atoms with Gasteiger partial charge in [0.1, 0.15) is 17.8 Å². The third-order valence-corrected chi connectivity index (χ3v) is 6.77. The van der Waals surface area contributed by atoms with E-state index in [4.69, 9.17) is 10.5 Å². The van der Waals surface area contributed by atoms with Crippen LogP contribution in [0.25, 0.3) is 10.8 Å². The second-order valence-electron chi connectivity index (χ2n) is 8.53. The molecule has 4 N–H and O–H groups in total. The summed E-state index contributed by atoms with van der Waals surface area (Å²) in [6, 6.07) is 15.8. The van der Waals surface area contributed by atoms with Crippen molar-refractivity contribution in [1.29, 1.82) is 0 Å². The summed E-state index contributed by atoms with van der Waals surface area (Å²) in [5, 5.41) is 14.5. The number of carbonyl (C=O) groups is 2. The number of halogens is 2. The highest BCUT2D eigenvalue weighted by atomic mass is 79.9. The number of nitrogens with zero attached hydrogens (tertiary/aromatic N) is 1. The van der Waals surface area contributed by atoms with E-state index >= 15 is 0 Å². The number of anilines is 1. The van der Waals surface area contributed by atoms with Crippen LogP contribution in [0.2, 0.25) is 0 Å². The van der Waals surface area contributed by atoms with Gasteiger partial charge < -0.3 is 25.8 Å². The van der Waals surface area contributed by atoms with Gasteiger partial charge in [0.25, 0.3) is 0 Å². The van der Waals surface area contributed by atoms with Gasteiger partial charge in [0.05, 0.1) is 19.8 Å². The van der Waals surface area contributed by atoms with E-state index < -0.39 is 24.1 Å². The van der Waals surface area contributed by atoms with Gasteiger partial charge in [-0.25, -0.2) is 0 Å². The van der Waals surface area contributed by atoms with Crippen LogP contribution in [0.4, 0.5) is 5.69 Å². The number of carbonyl (C=O) groups excluding carboxylic acids is 2.